The SMILES string of the molecule is CCOC(C(=O)O[C@@H](C)C(N)=O)(c1ccccc1)c1ccccc1. The first-order valence-electron chi connectivity index (χ1n) is 7.77. The van der Waals surface area contributed by atoms with Gasteiger partial charge in [-0.2, -0.15) is 0 Å². The molecule has 24 heavy (non-hydrogen) atoms. The van der Waals surface area contributed by atoms with Gasteiger partial charge in [0.2, 0.25) is 5.60 Å². The molecule has 0 saturated carbocycles. The third kappa shape index (κ3) is 3.46. The van der Waals surface area contributed by atoms with Crippen LogP contribution in [0.25, 0.3) is 0 Å². The normalized spacial score (nSPS) is 12.4. The van der Waals surface area contributed by atoms with Crippen LogP contribution >= 0.6 is 0 Å². The Bertz CT molecular complexity index is 646. The molecule has 0 aliphatic carbocycles. The number of esters is 1. The summed E-state index contributed by atoms with van der Waals surface area (Å²) in [6.45, 7) is 3.52. The number of primary amides is 1. The molecule has 2 aromatic carbocycles. The molecule has 1 amide bonds. The van der Waals surface area contributed by atoms with Gasteiger partial charge < -0.3 is 15.2 Å². The van der Waals surface area contributed by atoms with Crippen LogP contribution in [0, 0.1) is 0 Å². The molecular weight excluding hydrogens is 306 g/mol. The number of nitrogens with two attached hydrogens (primary N) is 1. The zero-order valence-corrected chi connectivity index (χ0v) is 13.8. The van der Waals surface area contributed by atoms with Crippen LogP contribution in [0.1, 0.15) is 25.0 Å². The highest BCUT2D eigenvalue weighted by atomic mass is 16.6. The summed E-state index contributed by atoms with van der Waals surface area (Å²) in [5.41, 5.74) is 5.01. The van der Waals surface area contributed by atoms with Gasteiger partial charge >= 0.3 is 5.97 Å². The standard InChI is InChI=1S/C19H21NO4/c1-3-23-19(15-10-6-4-7-11-15,16-12-8-5-9-13-16)18(22)24-14(2)17(20)21/h4-14H,3H2,1-2H3,(H2,20,21)/t14-/m0/s1. The van der Waals surface area contributed by atoms with Crippen LogP contribution in [0.2, 0.25) is 0 Å². The van der Waals surface area contributed by atoms with E-state index in [1.807, 2.05) is 36.4 Å². The third-order valence-corrected chi connectivity index (χ3v) is 3.69. The molecule has 0 unspecified atom stereocenters. The van der Waals surface area contributed by atoms with Crippen molar-refractivity contribution in [3.8, 4) is 0 Å². The average molecular weight is 327 g/mol. The summed E-state index contributed by atoms with van der Waals surface area (Å²) in [4.78, 5) is 24.3. The summed E-state index contributed by atoms with van der Waals surface area (Å²) in [5.74, 6) is -1.39. The molecule has 2 N–H and O–H groups in total. The lowest BCUT2D eigenvalue weighted by molar-refractivity contribution is -0.175. The van der Waals surface area contributed by atoms with Crippen LogP contribution in [-0.4, -0.2) is 24.6 Å². The molecule has 2 aromatic rings. The number of carbonyl (C=O) groups is 2. The molecule has 5 heteroatoms. The summed E-state index contributed by atoms with van der Waals surface area (Å²) in [6, 6.07) is 18.1. The van der Waals surface area contributed by atoms with E-state index in [1.54, 1.807) is 31.2 Å². The number of hydrogen-bond donors (Lipinski definition) is 1. The van der Waals surface area contributed by atoms with E-state index < -0.39 is 23.6 Å². The zero-order chi connectivity index (χ0) is 17.6. The summed E-state index contributed by atoms with van der Waals surface area (Å²) in [6.07, 6.45) is -1.05. The van der Waals surface area contributed by atoms with E-state index in [1.165, 1.54) is 6.92 Å². The maximum Gasteiger partial charge on any atom is 0.348 e. The predicted octanol–water partition coefficient (Wildman–Crippen LogP) is 2.38. The van der Waals surface area contributed by atoms with Crippen LogP contribution < -0.4 is 5.73 Å². The van der Waals surface area contributed by atoms with E-state index in [2.05, 4.69) is 0 Å². The number of benzene rings is 2. The van der Waals surface area contributed by atoms with E-state index in [0.29, 0.717) is 11.1 Å². The lowest BCUT2D eigenvalue weighted by Crippen LogP contribution is -2.44. The summed E-state index contributed by atoms with van der Waals surface area (Å²) in [7, 11) is 0. The van der Waals surface area contributed by atoms with Gasteiger partial charge in [-0.1, -0.05) is 60.7 Å². The Morgan fingerprint density at radius 1 is 1.00 bits per heavy atom. The van der Waals surface area contributed by atoms with Crippen LogP contribution in [0.15, 0.2) is 60.7 Å². The van der Waals surface area contributed by atoms with Gasteiger partial charge in [-0.05, 0) is 25.0 Å². The van der Waals surface area contributed by atoms with Crippen molar-refractivity contribution in [2.75, 3.05) is 6.61 Å². The number of amides is 1. The van der Waals surface area contributed by atoms with Crippen LogP contribution in [-0.2, 0) is 24.7 Å². The smallest absolute Gasteiger partial charge is 0.348 e. The topological polar surface area (TPSA) is 78.6 Å². The second-order valence-electron chi connectivity index (χ2n) is 5.30. The molecular formula is C19H21NO4. The van der Waals surface area contributed by atoms with Crippen molar-refractivity contribution in [3.05, 3.63) is 71.8 Å². The minimum Gasteiger partial charge on any atom is -0.450 e. The second kappa shape index (κ2) is 7.75. The highest BCUT2D eigenvalue weighted by Crippen LogP contribution is 2.35. The maximum atomic E-state index is 13.0. The number of ether oxygens (including phenoxy) is 2. The van der Waals surface area contributed by atoms with Crippen molar-refractivity contribution in [2.24, 2.45) is 5.73 Å². The Morgan fingerprint density at radius 2 is 1.46 bits per heavy atom. The van der Waals surface area contributed by atoms with Gasteiger partial charge in [-0.25, -0.2) is 4.79 Å². The van der Waals surface area contributed by atoms with Gasteiger partial charge in [0.25, 0.3) is 5.91 Å². The van der Waals surface area contributed by atoms with Gasteiger partial charge in [-0.15, -0.1) is 0 Å². The molecule has 0 radical (unpaired) electrons. The molecule has 0 spiro atoms. The van der Waals surface area contributed by atoms with Gasteiger partial charge in [0.05, 0.1) is 0 Å². The minimum atomic E-state index is -1.46. The fourth-order valence-electron chi connectivity index (χ4n) is 2.49. The van der Waals surface area contributed by atoms with Crippen LogP contribution in [0.3, 0.4) is 0 Å². The number of hydrogen-bond acceptors (Lipinski definition) is 4. The van der Waals surface area contributed by atoms with Gasteiger partial charge in [0.15, 0.2) is 6.10 Å². The lowest BCUT2D eigenvalue weighted by atomic mass is 9.86. The molecule has 0 bridgehead atoms. The first-order chi connectivity index (χ1) is 11.5. The number of rotatable bonds is 7. The van der Waals surface area contributed by atoms with E-state index in [4.69, 9.17) is 15.2 Å². The summed E-state index contributed by atoms with van der Waals surface area (Å²) >= 11 is 0. The average Bonchev–Trinajstić information content (AvgIpc) is 2.61. The predicted molar refractivity (Wildman–Crippen MR) is 90.0 cm³/mol. The highest BCUT2D eigenvalue weighted by Gasteiger charge is 2.45. The number of carbonyl (C=O) groups excluding carboxylic acids is 2. The van der Waals surface area contributed by atoms with E-state index in [0.717, 1.165) is 0 Å². The first-order valence-corrected chi connectivity index (χ1v) is 7.77. The molecule has 0 heterocycles. The Kier molecular flexibility index (Phi) is 5.71. The van der Waals surface area contributed by atoms with Crippen LogP contribution in [0.4, 0.5) is 0 Å². The van der Waals surface area contributed by atoms with Crippen molar-refractivity contribution in [1.29, 1.82) is 0 Å². The van der Waals surface area contributed by atoms with Crippen molar-refractivity contribution in [2.45, 2.75) is 25.6 Å². The monoisotopic (exact) mass is 327 g/mol. The van der Waals surface area contributed by atoms with Crippen LogP contribution in [0.5, 0.6) is 0 Å². The minimum absolute atomic E-state index is 0.282. The molecule has 0 saturated heterocycles. The van der Waals surface area contributed by atoms with E-state index in [-0.39, 0.29) is 6.61 Å². The van der Waals surface area contributed by atoms with Crippen molar-refractivity contribution in [1.82, 2.24) is 0 Å². The zero-order valence-electron chi connectivity index (χ0n) is 13.8. The molecule has 1 atom stereocenters. The molecule has 2 rings (SSSR count). The Morgan fingerprint density at radius 3 is 1.83 bits per heavy atom. The summed E-state index contributed by atoms with van der Waals surface area (Å²) in [5, 5.41) is 0. The van der Waals surface area contributed by atoms with Gasteiger partial charge in [0.1, 0.15) is 0 Å². The second-order valence-corrected chi connectivity index (χ2v) is 5.30. The Labute approximate surface area is 141 Å². The fourth-order valence-corrected chi connectivity index (χ4v) is 2.49. The Balaban J connectivity index is 2.58. The van der Waals surface area contributed by atoms with Crippen molar-refractivity contribution >= 4 is 11.9 Å². The van der Waals surface area contributed by atoms with Crippen molar-refractivity contribution in [3.63, 3.8) is 0 Å². The van der Waals surface area contributed by atoms with Gasteiger partial charge in [-0.3, -0.25) is 4.79 Å². The Hall–Kier alpha value is -2.66. The third-order valence-electron chi connectivity index (χ3n) is 3.69. The first kappa shape index (κ1) is 17.7. The molecule has 0 aromatic heterocycles. The van der Waals surface area contributed by atoms with E-state index >= 15 is 0 Å². The molecule has 0 fully saturated rings. The van der Waals surface area contributed by atoms with Gasteiger partial charge in [0, 0.05) is 6.61 Å². The molecule has 126 valence electrons. The fraction of sp³-hybridized carbons (Fsp3) is 0.263. The molecule has 0 aliphatic heterocycles. The molecule has 0 aliphatic rings. The molecule has 5 nitrogen and oxygen atoms in total. The largest absolute Gasteiger partial charge is 0.450 e. The highest BCUT2D eigenvalue weighted by molar-refractivity contribution is 5.89. The quantitative estimate of drug-likeness (QED) is 0.792. The maximum absolute atomic E-state index is 13.0. The summed E-state index contributed by atoms with van der Waals surface area (Å²) < 4.78 is 11.2. The lowest BCUT2D eigenvalue weighted by Gasteiger charge is -2.33. The van der Waals surface area contributed by atoms with Crippen molar-refractivity contribution < 1.29 is 19.1 Å². The van der Waals surface area contributed by atoms with E-state index in [9.17, 15) is 9.59 Å².